The van der Waals surface area contributed by atoms with E-state index in [4.69, 9.17) is 9.97 Å². The molecule has 0 radical (unpaired) electrons. The summed E-state index contributed by atoms with van der Waals surface area (Å²) in [6.45, 7) is 4.10. The van der Waals surface area contributed by atoms with Crippen molar-refractivity contribution in [2.75, 3.05) is 0 Å². The van der Waals surface area contributed by atoms with Crippen LogP contribution < -0.4 is 0 Å². The van der Waals surface area contributed by atoms with Gasteiger partial charge in [0.1, 0.15) is 0 Å². The third-order valence-corrected chi connectivity index (χ3v) is 5.93. The van der Waals surface area contributed by atoms with E-state index >= 15 is 0 Å². The van der Waals surface area contributed by atoms with Crippen LogP contribution in [0, 0.1) is 13.8 Å². The number of aromatic nitrogens is 4. The zero-order valence-electron chi connectivity index (χ0n) is 18.2. The molecule has 4 nitrogen and oxygen atoms in total. The molecule has 6 aromatic rings. The second-order valence-corrected chi connectivity index (χ2v) is 8.16. The predicted octanol–water partition coefficient (Wildman–Crippen LogP) is 6.67. The van der Waals surface area contributed by atoms with Crippen LogP contribution in [0.1, 0.15) is 11.1 Å². The zero-order chi connectivity index (χ0) is 21.7. The molecule has 6 rings (SSSR count). The first-order valence-corrected chi connectivity index (χ1v) is 10.7. The van der Waals surface area contributed by atoms with Gasteiger partial charge in [-0.05, 0) is 54.6 Å². The Bertz CT molecular complexity index is 1640. The third-order valence-electron chi connectivity index (χ3n) is 5.93. The van der Waals surface area contributed by atoms with Gasteiger partial charge in [0.15, 0.2) is 0 Å². The maximum Gasteiger partial charge on any atom is 0.0923 e. The fourth-order valence-electron chi connectivity index (χ4n) is 4.21. The summed E-state index contributed by atoms with van der Waals surface area (Å²) in [6, 6.07) is 24.9. The second kappa shape index (κ2) is 8.46. The van der Waals surface area contributed by atoms with Gasteiger partial charge >= 0.3 is 0 Å². The van der Waals surface area contributed by atoms with Crippen molar-refractivity contribution in [2.45, 2.75) is 13.8 Å². The minimum atomic E-state index is 0. The van der Waals surface area contributed by atoms with Crippen LogP contribution in [-0.2, 0) is 21.1 Å². The van der Waals surface area contributed by atoms with E-state index in [0.717, 1.165) is 66.5 Å². The topological polar surface area (TPSA) is 51.6 Å². The van der Waals surface area contributed by atoms with Gasteiger partial charge in [0.2, 0.25) is 0 Å². The fourth-order valence-corrected chi connectivity index (χ4v) is 4.21. The average molecular weight is 608 g/mol. The first-order chi connectivity index (χ1) is 15.7. The summed E-state index contributed by atoms with van der Waals surface area (Å²) < 4.78 is 0. The Hall–Kier alpha value is -3.49. The molecule has 5 heteroatoms. The zero-order valence-corrected chi connectivity index (χ0v) is 20.5. The Labute approximate surface area is 206 Å². The van der Waals surface area contributed by atoms with Crippen molar-refractivity contribution in [1.82, 2.24) is 19.9 Å². The van der Waals surface area contributed by atoms with E-state index in [1.54, 1.807) is 0 Å². The monoisotopic (exact) mass is 607 g/mol. The van der Waals surface area contributed by atoms with Gasteiger partial charge in [-0.15, -0.1) is 0 Å². The molecule has 33 heavy (non-hydrogen) atoms. The summed E-state index contributed by atoms with van der Waals surface area (Å²) in [5.74, 6) is 0. The molecule has 4 heterocycles. The minimum Gasteiger partial charge on any atom is -0.256 e. The van der Waals surface area contributed by atoms with E-state index < -0.39 is 0 Å². The molecule has 2 aromatic carbocycles. The minimum absolute atomic E-state index is 0. The number of nitrogens with zero attached hydrogens (tertiary/aromatic N) is 4. The Morgan fingerprint density at radius 3 is 2.06 bits per heavy atom. The van der Waals surface area contributed by atoms with Crippen LogP contribution in [0.15, 0.2) is 85.2 Å². The molecule has 0 fully saturated rings. The van der Waals surface area contributed by atoms with Gasteiger partial charge in [-0.25, -0.2) is 9.97 Å². The average Bonchev–Trinajstić information content (AvgIpc) is 2.84. The molecule has 0 unspecified atom stereocenters. The van der Waals surface area contributed by atoms with Crippen molar-refractivity contribution >= 4 is 32.6 Å². The molecule has 0 saturated carbocycles. The van der Waals surface area contributed by atoms with Gasteiger partial charge in [0.05, 0.1) is 33.8 Å². The standard InChI is InChI=1S/C28H20N4.Pt/c1-17-5-12-22(30-16-17)23-13-6-18(2)26(31-23)24-14-11-21-10-8-19-7-9-20-4-3-15-29-27(20)25(19)28(21)32-24;/h3-16H,1-2H3;. The number of rotatable bonds is 2. The van der Waals surface area contributed by atoms with Gasteiger partial charge in [0.25, 0.3) is 0 Å². The maximum atomic E-state index is 5.11. The van der Waals surface area contributed by atoms with Gasteiger partial charge in [-0.3, -0.25) is 9.97 Å². The number of pyridine rings is 4. The van der Waals surface area contributed by atoms with Gasteiger partial charge in [-0.1, -0.05) is 48.5 Å². The normalized spacial score (nSPS) is 11.1. The maximum absolute atomic E-state index is 5.11. The van der Waals surface area contributed by atoms with Crippen molar-refractivity contribution in [1.29, 1.82) is 0 Å². The molecule has 0 aliphatic rings. The van der Waals surface area contributed by atoms with E-state index in [1.807, 2.05) is 37.5 Å². The number of fused-ring (bicyclic) bond motifs is 5. The van der Waals surface area contributed by atoms with Crippen molar-refractivity contribution in [3.63, 3.8) is 0 Å². The summed E-state index contributed by atoms with van der Waals surface area (Å²) in [4.78, 5) is 19.3. The van der Waals surface area contributed by atoms with Crippen LogP contribution in [-0.4, -0.2) is 19.9 Å². The van der Waals surface area contributed by atoms with E-state index in [0.29, 0.717) is 0 Å². The van der Waals surface area contributed by atoms with Gasteiger partial charge in [-0.2, -0.15) is 0 Å². The largest absolute Gasteiger partial charge is 0.256 e. The molecule has 0 spiro atoms. The first-order valence-electron chi connectivity index (χ1n) is 10.7. The SMILES string of the molecule is Cc1ccc(-c2ccc(C)c(-c3ccc4ccc5ccc6cccnc6c5c4n3)n2)nc1.[Pt]. The van der Waals surface area contributed by atoms with Gasteiger partial charge < -0.3 is 0 Å². The second-order valence-electron chi connectivity index (χ2n) is 8.16. The van der Waals surface area contributed by atoms with Crippen molar-refractivity contribution in [3.05, 3.63) is 96.3 Å². The Kier molecular flexibility index (Phi) is 5.47. The molecule has 0 atom stereocenters. The van der Waals surface area contributed by atoms with E-state index in [1.165, 1.54) is 0 Å². The molecule has 4 aromatic heterocycles. The van der Waals surface area contributed by atoms with Crippen molar-refractivity contribution in [2.24, 2.45) is 0 Å². The fraction of sp³-hybridized carbons (Fsp3) is 0.0714. The first kappa shape index (κ1) is 21.4. The van der Waals surface area contributed by atoms with E-state index in [2.05, 4.69) is 71.5 Å². The molecular weight excluding hydrogens is 587 g/mol. The molecule has 162 valence electrons. The third kappa shape index (κ3) is 3.71. The Balaban J connectivity index is 0.00000228. The summed E-state index contributed by atoms with van der Waals surface area (Å²) in [5, 5.41) is 4.42. The molecule has 0 bridgehead atoms. The quantitative estimate of drug-likeness (QED) is 0.206. The Morgan fingerprint density at radius 2 is 1.27 bits per heavy atom. The smallest absolute Gasteiger partial charge is 0.0923 e. The van der Waals surface area contributed by atoms with Crippen molar-refractivity contribution < 1.29 is 21.1 Å². The van der Waals surface area contributed by atoms with Crippen LogP contribution in [0.2, 0.25) is 0 Å². The van der Waals surface area contributed by atoms with Crippen molar-refractivity contribution in [3.8, 4) is 22.8 Å². The van der Waals surface area contributed by atoms with Crippen LogP contribution in [0.4, 0.5) is 0 Å². The summed E-state index contributed by atoms with van der Waals surface area (Å²) in [7, 11) is 0. The number of hydrogen-bond acceptors (Lipinski definition) is 4. The molecule has 0 amide bonds. The van der Waals surface area contributed by atoms with Crippen LogP contribution >= 0.6 is 0 Å². The molecule has 0 N–H and O–H groups in total. The van der Waals surface area contributed by atoms with Gasteiger partial charge in [0, 0.05) is 49.6 Å². The van der Waals surface area contributed by atoms with Crippen LogP contribution in [0.25, 0.3) is 55.4 Å². The molecule has 0 aliphatic heterocycles. The number of aryl methyl sites for hydroxylation is 2. The molecular formula is C28H20N4Pt. The number of hydrogen-bond donors (Lipinski definition) is 0. The Morgan fingerprint density at radius 1 is 0.576 bits per heavy atom. The van der Waals surface area contributed by atoms with E-state index in [9.17, 15) is 0 Å². The van der Waals surface area contributed by atoms with Crippen LogP contribution in [0.3, 0.4) is 0 Å². The molecule has 0 aliphatic carbocycles. The summed E-state index contributed by atoms with van der Waals surface area (Å²) in [5.41, 5.74) is 7.56. The molecule has 0 saturated heterocycles. The number of benzene rings is 2. The summed E-state index contributed by atoms with van der Waals surface area (Å²) in [6.07, 6.45) is 3.71. The van der Waals surface area contributed by atoms with Crippen LogP contribution in [0.5, 0.6) is 0 Å². The summed E-state index contributed by atoms with van der Waals surface area (Å²) >= 11 is 0. The van der Waals surface area contributed by atoms with E-state index in [-0.39, 0.29) is 21.1 Å². The predicted molar refractivity (Wildman–Crippen MR) is 130 cm³/mol.